The normalized spacial score (nSPS) is 11.5. The molecule has 0 spiro atoms. The van der Waals surface area contributed by atoms with Gasteiger partial charge in [-0.3, -0.25) is 0 Å². The van der Waals surface area contributed by atoms with Crippen LogP contribution in [0.25, 0.3) is 105 Å². The zero-order valence-corrected chi connectivity index (χ0v) is 30.9. The van der Waals surface area contributed by atoms with Crippen LogP contribution in [0.3, 0.4) is 0 Å². The van der Waals surface area contributed by atoms with E-state index in [0.29, 0.717) is 5.82 Å². The standard InChI is InChI=1S/C53H34N4/c1-5-16-36(17-6-1)46-34-47(37-18-7-2-8-19-37)56-53(55-46)39-30-28-35(29-31-39)41-25-15-26-44-50-48(57(52(41)44)40-22-11-4-12-23-40)33-32-43-49(50)42-24-13-14-27-45(42)54-51(43)38-20-9-3-10-21-38/h1-34H. The summed E-state index contributed by atoms with van der Waals surface area (Å²) in [6.45, 7) is 0. The number of rotatable bonds is 6. The van der Waals surface area contributed by atoms with Gasteiger partial charge in [0.2, 0.25) is 0 Å². The summed E-state index contributed by atoms with van der Waals surface area (Å²) in [6.07, 6.45) is 0. The molecule has 4 nitrogen and oxygen atoms in total. The van der Waals surface area contributed by atoms with Crippen LogP contribution in [0.5, 0.6) is 0 Å². The van der Waals surface area contributed by atoms with Crippen molar-refractivity contribution in [2.45, 2.75) is 0 Å². The topological polar surface area (TPSA) is 43.6 Å². The maximum atomic E-state index is 5.25. The molecule has 57 heavy (non-hydrogen) atoms. The Morgan fingerprint density at radius 1 is 0.351 bits per heavy atom. The molecular weight excluding hydrogens is 693 g/mol. The van der Waals surface area contributed by atoms with Crippen molar-refractivity contribution in [3.63, 3.8) is 0 Å². The Morgan fingerprint density at radius 2 is 0.912 bits per heavy atom. The zero-order chi connectivity index (χ0) is 37.7. The fraction of sp³-hybridized carbons (Fsp3) is 0. The van der Waals surface area contributed by atoms with Gasteiger partial charge in [0, 0.05) is 60.4 Å². The van der Waals surface area contributed by atoms with E-state index >= 15 is 0 Å². The molecular formula is C53H34N4. The summed E-state index contributed by atoms with van der Waals surface area (Å²) in [5, 5.41) is 5.92. The van der Waals surface area contributed by atoms with Crippen molar-refractivity contribution < 1.29 is 0 Å². The first kappa shape index (κ1) is 32.7. The second kappa shape index (κ2) is 13.6. The van der Waals surface area contributed by atoms with Gasteiger partial charge in [-0.25, -0.2) is 15.0 Å². The molecule has 0 aliphatic rings. The quantitative estimate of drug-likeness (QED) is 0.160. The lowest BCUT2D eigenvalue weighted by Crippen LogP contribution is -1.96. The Bertz CT molecular complexity index is 3190. The molecule has 0 aliphatic carbocycles. The number of aromatic nitrogens is 4. The molecule has 266 valence electrons. The highest BCUT2D eigenvalue weighted by molar-refractivity contribution is 6.30. The van der Waals surface area contributed by atoms with Gasteiger partial charge in [0.25, 0.3) is 0 Å². The Hall–Kier alpha value is -7.69. The molecule has 0 saturated carbocycles. The zero-order valence-electron chi connectivity index (χ0n) is 30.9. The van der Waals surface area contributed by atoms with Crippen molar-refractivity contribution in [1.29, 1.82) is 0 Å². The van der Waals surface area contributed by atoms with Gasteiger partial charge in [-0.1, -0.05) is 176 Å². The van der Waals surface area contributed by atoms with E-state index in [-0.39, 0.29) is 0 Å². The van der Waals surface area contributed by atoms with Crippen molar-refractivity contribution >= 4 is 43.5 Å². The molecule has 0 atom stereocenters. The Kier molecular flexibility index (Phi) is 7.78. The van der Waals surface area contributed by atoms with Gasteiger partial charge in [0.1, 0.15) is 0 Å². The third-order valence-electron chi connectivity index (χ3n) is 11.0. The Morgan fingerprint density at radius 3 is 1.58 bits per heavy atom. The molecule has 0 saturated heterocycles. The monoisotopic (exact) mass is 726 g/mol. The van der Waals surface area contributed by atoms with Crippen LogP contribution in [-0.2, 0) is 0 Å². The van der Waals surface area contributed by atoms with Crippen molar-refractivity contribution in [2.24, 2.45) is 0 Å². The number of pyridine rings is 1. The van der Waals surface area contributed by atoms with Crippen LogP contribution >= 0.6 is 0 Å². The number of hydrogen-bond acceptors (Lipinski definition) is 3. The second-order valence-electron chi connectivity index (χ2n) is 14.4. The van der Waals surface area contributed by atoms with E-state index in [4.69, 9.17) is 15.0 Å². The molecule has 3 heterocycles. The maximum absolute atomic E-state index is 5.25. The number of nitrogens with zero attached hydrogens (tertiary/aromatic N) is 4. The van der Waals surface area contributed by atoms with Crippen LogP contribution < -0.4 is 0 Å². The minimum atomic E-state index is 0.694. The van der Waals surface area contributed by atoms with E-state index in [1.54, 1.807) is 0 Å². The van der Waals surface area contributed by atoms with E-state index in [1.165, 1.54) is 16.2 Å². The smallest absolute Gasteiger partial charge is 0.160 e. The SMILES string of the molecule is c1ccc(-c2cc(-c3ccccc3)nc(-c3ccc(-c4cccc5c6c7c(ccc6n(-c6ccccc6)c45)c(-c4ccccc4)nc4ccccc47)cc3)n2)cc1. The van der Waals surface area contributed by atoms with E-state index in [0.717, 1.165) is 83.5 Å². The van der Waals surface area contributed by atoms with Crippen LogP contribution in [0.1, 0.15) is 0 Å². The van der Waals surface area contributed by atoms with Crippen molar-refractivity contribution in [3.8, 4) is 62.0 Å². The van der Waals surface area contributed by atoms with Gasteiger partial charge in [0.15, 0.2) is 5.82 Å². The van der Waals surface area contributed by atoms with E-state index in [2.05, 4.69) is 174 Å². The maximum Gasteiger partial charge on any atom is 0.160 e. The fourth-order valence-electron chi connectivity index (χ4n) is 8.38. The van der Waals surface area contributed by atoms with Gasteiger partial charge in [-0.2, -0.15) is 0 Å². The summed E-state index contributed by atoms with van der Waals surface area (Å²) in [4.78, 5) is 15.4. The molecule has 4 heteroatoms. The van der Waals surface area contributed by atoms with Gasteiger partial charge < -0.3 is 4.57 Å². The van der Waals surface area contributed by atoms with Crippen LogP contribution in [0.4, 0.5) is 0 Å². The minimum Gasteiger partial charge on any atom is -0.309 e. The molecule has 0 fully saturated rings. The third-order valence-corrected chi connectivity index (χ3v) is 11.0. The van der Waals surface area contributed by atoms with Gasteiger partial charge in [-0.15, -0.1) is 0 Å². The van der Waals surface area contributed by atoms with Crippen molar-refractivity contribution in [2.75, 3.05) is 0 Å². The molecule has 3 aromatic heterocycles. The summed E-state index contributed by atoms with van der Waals surface area (Å²) >= 11 is 0. The van der Waals surface area contributed by atoms with Crippen molar-refractivity contribution in [3.05, 3.63) is 206 Å². The van der Waals surface area contributed by atoms with Crippen LogP contribution in [-0.4, -0.2) is 19.5 Å². The molecule has 11 rings (SSSR count). The third kappa shape index (κ3) is 5.58. The van der Waals surface area contributed by atoms with Gasteiger partial charge in [0.05, 0.1) is 33.6 Å². The lowest BCUT2D eigenvalue weighted by atomic mass is 9.95. The minimum absolute atomic E-state index is 0.694. The second-order valence-corrected chi connectivity index (χ2v) is 14.4. The number of benzene rings is 8. The molecule has 0 N–H and O–H groups in total. The molecule has 0 bridgehead atoms. The lowest BCUT2D eigenvalue weighted by Gasteiger charge is -2.13. The molecule has 0 radical (unpaired) electrons. The fourth-order valence-corrected chi connectivity index (χ4v) is 8.38. The molecule has 0 amide bonds. The highest BCUT2D eigenvalue weighted by Gasteiger charge is 2.22. The first-order valence-corrected chi connectivity index (χ1v) is 19.3. The largest absolute Gasteiger partial charge is 0.309 e. The summed E-state index contributed by atoms with van der Waals surface area (Å²) < 4.78 is 2.43. The summed E-state index contributed by atoms with van der Waals surface area (Å²) in [5.74, 6) is 0.694. The highest BCUT2D eigenvalue weighted by atomic mass is 15.0. The predicted molar refractivity (Wildman–Crippen MR) is 236 cm³/mol. The highest BCUT2D eigenvalue weighted by Crippen LogP contribution is 2.45. The first-order chi connectivity index (χ1) is 28.3. The number of para-hydroxylation sites is 3. The Labute approximate surface area is 330 Å². The Balaban J connectivity index is 1.14. The molecule has 8 aromatic carbocycles. The lowest BCUT2D eigenvalue weighted by molar-refractivity contribution is 1.18. The average molecular weight is 727 g/mol. The van der Waals surface area contributed by atoms with E-state index < -0.39 is 0 Å². The average Bonchev–Trinajstić information content (AvgIpc) is 3.64. The van der Waals surface area contributed by atoms with Crippen LogP contribution in [0.15, 0.2) is 206 Å². The summed E-state index contributed by atoms with van der Waals surface area (Å²) in [5.41, 5.74) is 13.6. The van der Waals surface area contributed by atoms with E-state index in [9.17, 15) is 0 Å². The molecule has 11 aromatic rings. The number of fused-ring (bicyclic) bond motifs is 7. The predicted octanol–water partition coefficient (Wildman–Crippen LogP) is 13.6. The molecule has 0 aliphatic heterocycles. The summed E-state index contributed by atoms with van der Waals surface area (Å²) in [6, 6.07) is 72.5. The van der Waals surface area contributed by atoms with Gasteiger partial charge in [-0.05, 0) is 35.9 Å². The van der Waals surface area contributed by atoms with Crippen molar-refractivity contribution in [1.82, 2.24) is 19.5 Å². The summed E-state index contributed by atoms with van der Waals surface area (Å²) in [7, 11) is 0. The number of hydrogen-bond donors (Lipinski definition) is 0. The van der Waals surface area contributed by atoms with Crippen LogP contribution in [0, 0.1) is 0 Å². The molecule has 0 unspecified atom stereocenters. The van der Waals surface area contributed by atoms with E-state index in [1.807, 2.05) is 36.4 Å². The van der Waals surface area contributed by atoms with Gasteiger partial charge >= 0.3 is 0 Å². The van der Waals surface area contributed by atoms with Crippen LogP contribution in [0.2, 0.25) is 0 Å². The first-order valence-electron chi connectivity index (χ1n) is 19.3.